The third-order valence-corrected chi connectivity index (χ3v) is 6.63. The molecule has 0 saturated heterocycles. The molecule has 0 fully saturated rings. The van der Waals surface area contributed by atoms with Gasteiger partial charge in [-0.2, -0.15) is 0 Å². The molecule has 2 radical (unpaired) electrons. The van der Waals surface area contributed by atoms with Gasteiger partial charge in [0.15, 0.2) is 0 Å². The van der Waals surface area contributed by atoms with E-state index in [1.165, 1.54) is 14.4 Å². The first-order valence-electron chi connectivity index (χ1n) is 5.73. The second kappa shape index (κ2) is 4.92. The van der Waals surface area contributed by atoms with E-state index in [0.717, 1.165) is 0 Å². The van der Waals surface area contributed by atoms with E-state index in [4.69, 9.17) is 0 Å². The number of fused-ring (bicyclic) bond motifs is 1. The molecule has 3 rings (SSSR count). The van der Waals surface area contributed by atoms with Crippen molar-refractivity contribution in [1.82, 2.24) is 0 Å². The molecule has 17 heavy (non-hydrogen) atoms. The molecule has 0 bridgehead atoms. The van der Waals surface area contributed by atoms with Gasteiger partial charge in [-0.3, -0.25) is 0 Å². The van der Waals surface area contributed by atoms with Crippen molar-refractivity contribution >= 4 is 39.1 Å². The summed E-state index contributed by atoms with van der Waals surface area (Å²) >= 11 is -0.660. The molecule has 0 aliphatic heterocycles. The van der Waals surface area contributed by atoms with Crippen molar-refractivity contribution in [2.24, 2.45) is 0 Å². The van der Waals surface area contributed by atoms with E-state index in [0.29, 0.717) is 0 Å². The number of rotatable bonds is 2. The first-order valence-corrected chi connectivity index (χ1v) is 8.59. The molecule has 3 aromatic carbocycles. The van der Waals surface area contributed by atoms with E-state index in [9.17, 15) is 0 Å². The third kappa shape index (κ3) is 2.37. The van der Waals surface area contributed by atoms with E-state index in [1.807, 2.05) is 0 Å². The molecule has 0 N–H and O–H groups in total. The molecule has 0 aliphatic rings. The molecule has 0 unspecified atom stereocenters. The summed E-state index contributed by atoms with van der Waals surface area (Å²) in [6.07, 6.45) is 0. The first-order chi connectivity index (χ1) is 8.43. The molecule has 0 heterocycles. The molecule has 0 spiro atoms. The molecule has 80 valence electrons. The maximum absolute atomic E-state index is 2.29. The quantitative estimate of drug-likeness (QED) is 0.636. The summed E-state index contributed by atoms with van der Waals surface area (Å²) in [5.41, 5.74) is 0. The zero-order chi connectivity index (χ0) is 11.5. The van der Waals surface area contributed by atoms with Crippen molar-refractivity contribution in [3.8, 4) is 0 Å². The monoisotopic (exact) mass is 324 g/mol. The summed E-state index contributed by atoms with van der Waals surface area (Å²) in [5.74, 6) is 0. The fourth-order valence-electron chi connectivity index (χ4n) is 2.01. The fraction of sp³-hybridized carbons (Fsp3) is 0. The summed E-state index contributed by atoms with van der Waals surface area (Å²) in [6.45, 7) is 0. The van der Waals surface area contributed by atoms with E-state index < -0.39 is 21.1 Å². The van der Waals surface area contributed by atoms with Gasteiger partial charge in [-0.1, -0.05) is 0 Å². The molecule has 3 aromatic rings. The summed E-state index contributed by atoms with van der Waals surface area (Å²) in [4.78, 5) is 0. The van der Waals surface area contributed by atoms with Crippen LogP contribution in [-0.2, 0) is 0 Å². The molecule has 0 nitrogen and oxygen atoms in total. The second-order valence-electron chi connectivity index (χ2n) is 4.02. The summed E-state index contributed by atoms with van der Waals surface area (Å²) in [7, 11) is 0. The Hall–Kier alpha value is -1.28. The summed E-state index contributed by atoms with van der Waals surface area (Å²) in [5, 5.41) is 2.80. The molecule has 0 saturated carbocycles. The van der Waals surface area contributed by atoms with Crippen LogP contribution in [-0.4, -0.2) is 21.1 Å². The Kier molecular flexibility index (Phi) is 3.14. The Bertz CT molecular complexity index is 624. The Morgan fingerprint density at radius 3 is 2.18 bits per heavy atom. The molecule has 0 aliphatic carbocycles. The zero-order valence-corrected chi connectivity index (χ0v) is 12.3. The van der Waals surface area contributed by atoms with Gasteiger partial charge >= 0.3 is 112 Å². The topological polar surface area (TPSA) is 0 Å². The van der Waals surface area contributed by atoms with Crippen LogP contribution in [0.1, 0.15) is 0 Å². The van der Waals surface area contributed by atoms with Crippen LogP contribution in [0.15, 0.2) is 72.8 Å². The van der Waals surface area contributed by atoms with Crippen LogP contribution in [0.3, 0.4) is 0 Å². The van der Waals surface area contributed by atoms with Crippen molar-refractivity contribution in [1.29, 1.82) is 0 Å². The molecule has 0 aromatic heterocycles. The maximum atomic E-state index is 2.29. The minimum atomic E-state index is -0.660. The van der Waals surface area contributed by atoms with Gasteiger partial charge in [0.05, 0.1) is 0 Å². The van der Waals surface area contributed by atoms with Crippen LogP contribution in [0.5, 0.6) is 0 Å². The van der Waals surface area contributed by atoms with E-state index >= 15 is 0 Å². The van der Waals surface area contributed by atoms with Gasteiger partial charge in [0, 0.05) is 0 Å². The van der Waals surface area contributed by atoms with E-state index in [-0.39, 0.29) is 0 Å². The van der Waals surface area contributed by atoms with Gasteiger partial charge in [-0.15, -0.1) is 0 Å². The standard InChI is InChI=1S/C10H7.C6H5.Sn/c1-2-6-10-8-4-3-7-9(10)5-1;1-2-4-6-5-3-1;/h1-7H;1-5H;. The molecule has 0 atom stereocenters. The Balaban J connectivity index is 2.06. The van der Waals surface area contributed by atoms with E-state index in [2.05, 4.69) is 72.8 Å². The molecule has 0 amide bonds. The summed E-state index contributed by atoms with van der Waals surface area (Å²) in [6, 6.07) is 26.2. The van der Waals surface area contributed by atoms with Crippen molar-refractivity contribution in [3.63, 3.8) is 0 Å². The van der Waals surface area contributed by atoms with Crippen molar-refractivity contribution < 1.29 is 0 Å². The minimum absolute atomic E-state index is 0.660. The SMILES string of the molecule is c1cc[c]([Sn][c]2cccc3ccccc23)cc1. The van der Waals surface area contributed by atoms with Crippen LogP contribution in [0.25, 0.3) is 10.8 Å². The van der Waals surface area contributed by atoms with Gasteiger partial charge in [-0.25, -0.2) is 0 Å². The Morgan fingerprint density at radius 2 is 1.29 bits per heavy atom. The average Bonchev–Trinajstić information content (AvgIpc) is 2.40. The van der Waals surface area contributed by atoms with Crippen molar-refractivity contribution in [3.05, 3.63) is 72.8 Å². The van der Waals surface area contributed by atoms with Gasteiger partial charge < -0.3 is 0 Å². The Labute approximate surface area is 112 Å². The van der Waals surface area contributed by atoms with Crippen molar-refractivity contribution in [2.75, 3.05) is 0 Å². The molecular weight excluding hydrogens is 311 g/mol. The average molecular weight is 323 g/mol. The first kappa shape index (κ1) is 10.8. The van der Waals surface area contributed by atoms with Crippen LogP contribution in [0.2, 0.25) is 0 Å². The van der Waals surface area contributed by atoms with Crippen LogP contribution in [0, 0.1) is 0 Å². The number of benzene rings is 3. The number of hydrogen-bond donors (Lipinski definition) is 0. The van der Waals surface area contributed by atoms with Crippen LogP contribution < -0.4 is 7.16 Å². The van der Waals surface area contributed by atoms with Gasteiger partial charge in [0.25, 0.3) is 0 Å². The van der Waals surface area contributed by atoms with Gasteiger partial charge in [0.1, 0.15) is 0 Å². The predicted octanol–water partition coefficient (Wildman–Crippen LogP) is 2.49. The Morgan fingerprint density at radius 1 is 0.588 bits per heavy atom. The third-order valence-electron chi connectivity index (χ3n) is 2.84. The number of hydrogen-bond acceptors (Lipinski definition) is 0. The second-order valence-corrected chi connectivity index (χ2v) is 7.92. The van der Waals surface area contributed by atoms with Gasteiger partial charge in [-0.05, 0) is 0 Å². The molecule has 1 heteroatoms. The predicted molar refractivity (Wildman–Crippen MR) is 75.4 cm³/mol. The van der Waals surface area contributed by atoms with Crippen LogP contribution in [0.4, 0.5) is 0 Å². The van der Waals surface area contributed by atoms with E-state index in [1.54, 1.807) is 3.58 Å². The fourth-order valence-corrected chi connectivity index (χ4v) is 5.47. The van der Waals surface area contributed by atoms with Gasteiger partial charge in [0.2, 0.25) is 0 Å². The zero-order valence-electron chi connectivity index (χ0n) is 9.43. The van der Waals surface area contributed by atoms with Crippen molar-refractivity contribution in [2.45, 2.75) is 0 Å². The van der Waals surface area contributed by atoms with Crippen LogP contribution >= 0.6 is 0 Å². The molecular formula is C16H12Sn. The summed E-state index contributed by atoms with van der Waals surface area (Å²) < 4.78 is 3.10. The normalized spacial score (nSPS) is 10.6.